The molecule has 0 bridgehead atoms. The number of rotatable bonds is 1. The van der Waals surface area contributed by atoms with E-state index < -0.39 is 10.8 Å². The molecule has 3 heteroatoms. The average Bonchev–Trinajstić information content (AvgIpc) is 2.41. The SMILES string of the molecule is CC(C)(C)[C@H]1C[C@@]1(Cl)C(=O)O. The van der Waals surface area contributed by atoms with Crippen molar-refractivity contribution in [3.05, 3.63) is 0 Å². The first-order chi connectivity index (χ1) is 4.78. The monoisotopic (exact) mass is 176 g/mol. The molecular weight excluding hydrogens is 164 g/mol. The zero-order valence-electron chi connectivity index (χ0n) is 7.02. The van der Waals surface area contributed by atoms with Crippen LogP contribution in [-0.4, -0.2) is 16.0 Å². The molecular formula is C8H13ClO2. The van der Waals surface area contributed by atoms with Gasteiger partial charge in [0.25, 0.3) is 0 Å². The first kappa shape index (κ1) is 8.85. The van der Waals surface area contributed by atoms with E-state index in [4.69, 9.17) is 16.7 Å². The molecule has 0 radical (unpaired) electrons. The summed E-state index contributed by atoms with van der Waals surface area (Å²) in [6.45, 7) is 6.06. The van der Waals surface area contributed by atoms with E-state index in [1.54, 1.807) is 0 Å². The molecule has 1 rings (SSSR count). The van der Waals surface area contributed by atoms with Crippen molar-refractivity contribution in [2.45, 2.75) is 32.1 Å². The van der Waals surface area contributed by atoms with Crippen LogP contribution in [-0.2, 0) is 4.79 Å². The zero-order chi connectivity index (χ0) is 8.86. The van der Waals surface area contributed by atoms with Crippen LogP contribution in [0.15, 0.2) is 0 Å². The summed E-state index contributed by atoms with van der Waals surface area (Å²) in [6, 6.07) is 0. The second-order valence-corrected chi connectivity index (χ2v) is 4.96. The molecule has 64 valence electrons. The molecule has 1 fully saturated rings. The van der Waals surface area contributed by atoms with Crippen molar-refractivity contribution in [3.8, 4) is 0 Å². The molecule has 11 heavy (non-hydrogen) atoms. The Balaban J connectivity index is 2.68. The summed E-state index contributed by atoms with van der Waals surface area (Å²) in [5.74, 6) is -0.756. The fraction of sp³-hybridized carbons (Fsp3) is 0.875. The minimum absolute atomic E-state index is 0.0140. The van der Waals surface area contributed by atoms with Gasteiger partial charge in [-0.05, 0) is 17.8 Å². The van der Waals surface area contributed by atoms with Crippen LogP contribution in [0, 0.1) is 11.3 Å². The number of carboxylic acids is 1. The van der Waals surface area contributed by atoms with E-state index in [9.17, 15) is 4.79 Å². The minimum atomic E-state index is -0.960. The van der Waals surface area contributed by atoms with Crippen LogP contribution in [0.3, 0.4) is 0 Å². The van der Waals surface area contributed by atoms with Crippen LogP contribution in [0.4, 0.5) is 0 Å². The minimum Gasteiger partial charge on any atom is -0.480 e. The predicted molar refractivity (Wildman–Crippen MR) is 43.8 cm³/mol. The number of hydrogen-bond donors (Lipinski definition) is 1. The Labute approximate surface area is 71.5 Å². The van der Waals surface area contributed by atoms with Crippen molar-refractivity contribution in [2.75, 3.05) is 0 Å². The zero-order valence-corrected chi connectivity index (χ0v) is 7.77. The smallest absolute Gasteiger partial charge is 0.325 e. The Morgan fingerprint density at radius 1 is 1.64 bits per heavy atom. The standard InChI is InChI=1S/C8H13ClO2/c1-7(2,3)5-4-8(5,9)6(10)11/h5H,4H2,1-3H3,(H,10,11)/t5-,8+/m1/s1. The van der Waals surface area contributed by atoms with Crippen molar-refractivity contribution in [2.24, 2.45) is 11.3 Å². The van der Waals surface area contributed by atoms with Gasteiger partial charge in [-0.1, -0.05) is 20.8 Å². The van der Waals surface area contributed by atoms with Crippen LogP contribution in [0.25, 0.3) is 0 Å². The Bertz CT molecular complexity index is 195. The van der Waals surface area contributed by atoms with Gasteiger partial charge in [0.15, 0.2) is 0 Å². The number of halogens is 1. The van der Waals surface area contributed by atoms with Crippen LogP contribution < -0.4 is 0 Å². The second-order valence-electron chi connectivity index (χ2n) is 4.29. The molecule has 1 aliphatic rings. The van der Waals surface area contributed by atoms with E-state index in [-0.39, 0.29) is 11.3 Å². The van der Waals surface area contributed by atoms with E-state index in [1.807, 2.05) is 20.8 Å². The number of aliphatic carboxylic acids is 1. The second kappa shape index (κ2) is 2.13. The first-order valence-electron chi connectivity index (χ1n) is 3.71. The Kier molecular flexibility index (Phi) is 1.71. The predicted octanol–water partition coefficient (Wildman–Crippen LogP) is 2.11. The lowest BCUT2D eigenvalue weighted by Gasteiger charge is -2.18. The third-order valence-electron chi connectivity index (χ3n) is 2.29. The van der Waals surface area contributed by atoms with Crippen molar-refractivity contribution in [3.63, 3.8) is 0 Å². The molecule has 0 heterocycles. The van der Waals surface area contributed by atoms with Crippen LogP contribution in [0.2, 0.25) is 0 Å². The van der Waals surface area contributed by atoms with Gasteiger partial charge >= 0.3 is 5.97 Å². The van der Waals surface area contributed by atoms with E-state index in [2.05, 4.69) is 0 Å². The molecule has 0 aromatic heterocycles. The van der Waals surface area contributed by atoms with Crippen LogP contribution in [0.1, 0.15) is 27.2 Å². The molecule has 1 N–H and O–H groups in total. The van der Waals surface area contributed by atoms with Gasteiger partial charge in [-0.3, -0.25) is 4.79 Å². The molecule has 0 amide bonds. The van der Waals surface area contributed by atoms with Gasteiger partial charge in [0.1, 0.15) is 4.87 Å². The van der Waals surface area contributed by atoms with Gasteiger partial charge in [0.05, 0.1) is 0 Å². The molecule has 0 aromatic carbocycles. The highest BCUT2D eigenvalue weighted by Gasteiger charge is 2.63. The van der Waals surface area contributed by atoms with Gasteiger partial charge < -0.3 is 5.11 Å². The Morgan fingerprint density at radius 2 is 2.09 bits per heavy atom. The third-order valence-corrected chi connectivity index (χ3v) is 2.87. The number of carboxylic acid groups (broad SMARTS) is 1. The summed E-state index contributed by atoms with van der Waals surface area (Å²) in [5.41, 5.74) is 0.0140. The molecule has 1 aliphatic carbocycles. The molecule has 2 atom stereocenters. The first-order valence-corrected chi connectivity index (χ1v) is 4.08. The van der Waals surface area contributed by atoms with Crippen LogP contribution in [0.5, 0.6) is 0 Å². The van der Waals surface area contributed by atoms with Crippen molar-refractivity contribution in [1.82, 2.24) is 0 Å². The maximum Gasteiger partial charge on any atom is 0.325 e. The van der Waals surface area contributed by atoms with Gasteiger partial charge in [0, 0.05) is 0 Å². The summed E-state index contributed by atoms with van der Waals surface area (Å²) >= 11 is 5.83. The maximum absolute atomic E-state index is 10.6. The Hall–Kier alpha value is -0.240. The molecule has 0 aliphatic heterocycles. The molecule has 0 saturated heterocycles. The largest absolute Gasteiger partial charge is 0.480 e. The fourth-order valence-corrected chi connectivity index (χ4v) is 1.95. The normalized spacial score (nSPS) is 36.9. The lowest BCUT2D eigenvalue weighted by molar-refractivity contribution is -0.138. The maximum atomic E-state index is 10.6. The quantitative estimate of drug-likeness (QED) is 0.622. The fourth-order valence-electron chi connectivity index (χ4n) is 1.47. The average molecular weight is 177 g/mol. The van der Waals surface area contributed by atoms with Crippen molar-refractivity contribution < 1.29 is 9.90 Å². The van der Waals surface area contributed by atoms with Crippen molar-refractivity contribution >= 4 is 17.6 Å². The van der Waals surface area contributed by atoms with E-state index in [1.165, 1.54) is 0 Å². The van der Waals surface area contributed by atoms with Crippen LogP contribution >= 0.6 is 11.6 Å². The summed E-state index contributed by atoms with van der Waals surface area (Å²) in [7, 11) is 0. The lowest BCUT2D eigenvalue weighted by Crippen LogP contribution is -2.23. The van der Waals surface area contributed by atoms with E-state index in [0.717, 1.165) is 0 Å². The highest BCUT2D eigenvalue weighted by molar-refractivity contribution is 6.36. The van der Waals surface area contributed by atoms with Crippen molar-refractivity contribution in [1.29, 1.82) is 0 Å². The number of alkyl halides is 1. The summed E-state index contributed by atoms with van der Waals surface area (Å²) in [5, 5.41) is 8.71. The molecule has 2 nitrogen and oxygen atoms in total. The molecule has 0 aromatic rings. The third kappa shape index (κ3) is 1.36. The summed E-state index contributed by atoms with van der Waals surface area (Å²) < 4.78 is 0. The highest BCUT2D eigenvalue weighted by atomic mass is 35.5. The van der Waals surface area contributed by atoms with Gasteiger partial charge in [-0.25, -0.2) is 0 Å². The van der Waals surface area contributed by atoms with E-state index in [0.29, 0.717) is 6.42 Å². The van der Waals surface area contributed by atoms with Gasteiger partial charge in [-0.2, -0.15) is 0 Å². The Morgan fingerprint density at radius 3 is 2.18 bits per heavy atom. The number of carbonyl (C=O) groups is 1. The molecule has 1 saturated carbocycles. The molecule has 0 spiro atoms. The topological polar surface area (TPSA) is 37.3 Å². The van der Waals surface area contributed by atoms with Gasteiger partial charge in [-0.15, -0.1) is 11.6 Å². The van der Waals surface area contributed by atoms with Gasteiger partial charge in [0.2, 0.25) is 0 Å². The summed E-state index contributed by atoms with van der Waals surface area (Å²) in [4.78, 5) is 9.65. The highest BCUT2D eigenvalue weighted by Crippen LogP contribution is 2.58. The van der Waals surface area contributed by atoms with E-state index >= 15 is 0 Å². The lowest BCUT2D eigenvalue weighted by atomic mass is 9.89. The number of hydrogen-bond acceptors (Lipinski definition) is 1. The molecule has 0 unspecified atom stereocenters. The summed E-state index contributed by atoms with van der Waals surface area (Å²) in [6.07, 6.45) is 0.605.